The van der Waals surface area contributed by atoms with Crippen LogP contribution >= 0.6 is 0 Å². The number of likely N-dealkylation sites (tertiary alicyclic amines) is 1. The number of carbonyl (C=O) groups excluding carboxylic acids is 2. The fourth-order valence-corrected chi connectivity index (χ4v) is 5.41. The van der Waals surface area contributed by atoms with Gasteiger partial charge in [0.1, 0.15) is 5.82 Å². The number of primary amides is 1. The number of ether oxygens (including phenoxy) is 1. The van der Waals surface area contributed by atoms with Crippen LogP contribution in [0.3, 0.4) is 0 Å². The number of quaternary nitrogens is 1. The molecule has 2 amide bonds. The van der Waals surface area contributed by atoms with Crippen molar-refractivity contribution in [2.45, 2.75) is 31.7 Å². The summed E-state index contributed by atoms with van der Waals surface area (Å²) in [5.74, 6) is 0.373. The van der Waals surface area contributed by atoms with Crippen molar-refractivity contribution in [3.63, 3.8) is 0 Å². The number of aromatic amines is 1. The lowest BCUT2D eigenvalue weighted by molar-refractivity contribution is -0.136. The predicted molar refractivity (Wildman–Crippen MR) is 128 cm³/mol. The Hall–Kier alpha value is -3.23. The van der Waals surface area contributed by atoms with E-state index in [0.29, 0.717) is 32.6 Å². The number of aromatic nitrogens is 2. The molecule has 2 aliphatic rings. The maximum Gasteiger partial charge on any atom is 0.319 e. The number of para-hydroxylation sites is 4. The van der Waals surface area contributed by atoms with E-state index in [4.69, 9.17) is 10.5 Å². The van der Waals surface area contributed by atoms with Crippen LogP contribution in [0.1, 0.15) is 25.1 Å². The molecule has 0 aliphatic carbocycles. The number of rotatable bonds is 6. The summed E-state index contributed by atoms with van der Waals surface area (Å²) in [7, 11) is 0. The number of fused-ring (bicyclic) bond motifs is 1. The van der Waals surface area contributed by atoms with E-state index in [1.807, 2.05) is 48.5 Å². The molecule has 8 nitrogen and oxygen atoms in total. The zero-order valence-electron chi connectivity index (χ0n) is 18.7. The first-order valence-electron chi connectivity index (χ1n) is 11.7. The topological polar surface area (TPSA) is 101 Å². The van der Waals surface area contributed by atoms with E-state index >= 15 is 0 Å². The molecule has 0 radical (unpaired) electrons. The highest BCUT2D eigenvalue weighted by molar-refractivity contribution is 5.99. The SMILES string of the molecule is NC(=O)[C@@H]1CCC[N+]1(C(=O)CCc1nc2ccccc2[nH]1)c1ccccc1N1CCOCC1. The second kappa shape index (κ2) is 8.96. The maximum absolute atomic E-state index is 14.0. The summed E-state index contributed by atoms with van der Waals surface area (Å²) in [5, 5.41) is 0. The molecule has 1 unspecified atom stereocenters. The number of nitrogens with two attached hydrogens (primary N) is 1. The second-order valence-corrected chi connectivity index (χ2v) is 8.84. The minimum atomic E-state index is -0.560. The molecule has 0 saturated carbocycles. The summed E-state index contributed by atoms with van der Waals surface area (Å²) in [6, 6.07) is 15.2. The van der Waals surface area contributed by atoms with Gasteiger partial charge in [-0.05, 0) is 18.2 Å². The molecule has 3 N–H and O–H groups in total. The van der Waals surface area contributed by atoms with E-state index in [0.717, 1.165) is 47.7 Å². The average molecular weight is 449 g/mol. The standard InChI is InChI=1S/C25H29N5O3/c26-25(32)22-10-5-15-30(22,21-9-4-3-8-20(21)29-13-16-33-17-14-29)24(31)12-11-23-27-18-6-1-2-7-19(18)28-23/h1-4,6-9,22H,5,10-17H2,(H2-,26,27,28,32)/p+1/t22-,30?/m0/s1. The number of amides is 2. The second-order valence-electron chi connectivity index (χ2n) is 8.84. The van der Waals surface area contributed by atoms with E-state index in [1.54, 1.807) is 0 Å². The molecule has 2 atom stereocenters. The fraction of sp³-hybridized carbons (Fsp3) is 0.400. The quantitative estimate of drug-likeness (QED) is 0.565. The molecule has 2 fully saturated rings. The van der Waals surface area contributed by atoms with Crippen LogP contribution in [0.2, 0.25) is 0 Å². The van der Waals surface area contributed by atoms with Gasteiger partial charge in [-0.1, -0.05) is 24.3 Å². The summed E-state index contributed by atoms with van der Waals surface area (Å²) < 4.78 is 5.52. The van der Waals surface area contributed by atoms with Gasteiger partial charge in [-0.15, -0.1) is 0 Å². The number of anilines is 1. The Balaban J connectivity index is 1.49. The number of imidazole rings is 1. The fourth-order valence-electron chi connectivity index (χ4n) is 5.41. The Morgan fingerprint density at radius 2 is 1.88 bits per heavy atom. The largest absolute Gasteiger partial charge is 0.378 e. The third kappa shape index (κ3) is 3.89. The van der Waals surface area contributed by atoms with Crippen molar-refractivity contribution in [2.75, 3.05) is 37.7 Å². The minimum Gasteiger partial charge on any atom is -0.378 e. The zero-order valence-corrected chi connectivity index (χ0v) is 18.7. The lowest BCUT2D eigenvalue weighted by atomic mass is 10.1. The highest BCUT2D eigenvalue weighted by Crippen LogP contribution is 2.42. The normalized spacial score (nSPS) is 23.2. The van der Waals surface area contributed by atoms with Gasteiger partial charge in [0.25, 0.3) is 5.91 Å². The first-order chi connectivity index (χ1) is 16.1. The molecule has 2 saturated heterocycles. The molecule has 2 aromatic carbocycles. The Morgan fingerprint density at radius 1 is 1.12 bits per heavy atom. The molecular weight excluding hydrogens is 418 g/mol. The number of hydrogen-bond donors (Lipinski definition) is 2. The van der Waals surface area contributed by atoms with Gasteiger partial charge in [-0.3, -0.25) is 4.79 Å². The van der Waals surface area contributed by atoms with Crippen molar-refractivity contribution < 1.29 is 14.3 Å². The highest BCUT2D eigenvalue weighted by atomic mass is 16.5. The number of H-pyrrole nitrogens is 1. The number of nitrogens with zero attached hydrogens (tertiary/aromatic N) is 3. The van der Waals surface area contributed by atoms with Gasteiger partial charge < -0.3 is 20.4 Å². The van der Waals surface area contributed by atoms with Gasteiger partial charge in [0, 0.05) is 38.4 Å². The monoisotopic (exact) mass is 448 g/mol. The van der Waals surface area contributed by atoms with Crippen LogP contribution < -0.4 is 15.1 Å². The van der Waals surface area contributed by atoms with Crippen LogP contribution in [0.4, 0.5) is 11.4 Å². The van der Waals surface area contributed by atoms with Crippen molar-refractivity contribution in [1.82, 2.24) is 14.5 Å². The number of hydrogen-bond acceptors (Lipinski definition) is 5. The molecule has 2 aliphatic heterocycles. The number of nitrogens with one attached hydrogen (secondary N) is 1. The molecule has 0 spiro atoms. The van der Waals surface area contributed by atoms with E-state index in [-0.39, 0.29) is 16.8 Å². The lowest BCUT2D eigenvalue weighted by Gasteiger charge is -2.39. The number of morpholine rings is 1. The Labute approximate surface area is 192 Å². The zero-order chi connectivity index (χ0) is 22.8. The first-order valence-corrected chi connectivity index (χ1v) is 11.7. The van der Waals surface area contributed by atoms with Crippen LogP contribution in [0.25, 0.3) is 11.0 Å². The molecule has 3 aromatic rings. The van der Waals surface area contributed by atoms with E-state index in [2.05, 4.69) is 14.9 Å². The summed E-state index contributed by atoms with van der Waals surface area (Å²) in [4.78, 5) is 36.7. The van der Waals surface area contributed by atoms with Crippen molar-refractivity contribution in [1.29, 1.82) is 0 Å². The molecular formula is C25H30N5O3+. The van der Waals surface area contributed by atoms with E-state index in [1.165, 1.54) is 0 Å². The third-order valence-corrected chi connectivity index (χ3v) is 6.97. The van der Waals surface area contributed by atoms with Crippen LogP contribution in [-0.4, -0.2) is 60.7 Å². The van der Waals surface area contributed by atoms with Crippen LogP contribution in [0, 0.1) is 0 Å². The lowest BCUT2D eigenvalue weighted by Crippen LogP contribution is -2.62. The molecule has 3 heterocycles. The number of carbonyl (C=O) groups is 2. The Morgan fingerprint density at radius 3 is 2.67 bits per heavy atom. The van der Waals surface area contributed by atoms with Crippen LogP contribution in [0.15, 0.2) is 48.5 Å². The van der Waals surface area contributed by atoms with Gasteiger partial charge in [0.15, 0.2) is 11.7 Å². The molecule has 5 rings (SSSR count). The third-order valence-electron chi connectivity index (χ3n) is 6.97. The van der Waals surface area contributed by atoms with Crippen molar-refractivity contribution >= 4 is 34.2 Å². The average Bonchev–Trinajstić information content (AvgIpc) is 3.48. The smallest absolute Gasteiger partial charge is 0.319 e. The molecule has 1 aromatic heterocycles. The summed E-state index contributed by atoms with van der Waals surface area (Å²) >= 11 is 0. The van der Waals surface area contributed by atoms with Crippen LogP contribution in [-0.2, 0) is 20.7 Å². The summed E-state index contributed by atoms with van der Waals surface area (Å²) in [6.45, 7) is 3.38. The predicted octanol–water partition coefficient (Wildman–Crippen LogP) is 2.51. The maximum atomic E-state index is 14.0. The van der Waals surface area contributed by atoms with Crippen molar-refractivity contribution in [3.05, 3.63) is 54.4 Å². The number of aryl methyl sites for hydroxylation is 1. The first kappa shape index (κ1) is 21.6. The van der Waals surface area contributed by atoms with Gasteiger partial charge >= 0.3 is 5.91 Å². The van der Waals surface area contributed by atoms with Gasteiger partial charge in [0.05, 0.1) is 42.9 Å². The Kier molecular flexibility index (Phi) is 5.86. The summed E-state index contributed by atoms with van der Waals surface area (Å²) in [5.41, 5.74) is 9.58. The molecule has 8 heteroatoms. The van der Waals surface area contributed by atoms with Gasteiger partial charge in [-0.25, -0.2) is 14.3 Å². The summed E-state index contributed by atoms with van der Waals surface area (Å²) in [6.07, 6.45) is 2.16. The molecule has 33 heavy (non-hydrogen) atoms. The van der Waals surface area contributed by atoms with Gasteiger partial charge in [0.2, 0.25) is 0 Å². The van der Waals surface area contributed by atoms with Crippen molar-refractivity contribution in [3.8, 4) is 0 Å². The van der Waals surface area contributed by atoms with E-state index in [9.17, 15) is 9.59 Å². The molecule has 0 bridgehead atoms. The van der Waals surface area contributed by atoms with Gasteiger partial charge in [-0.2, -0.15) is 0 Å². The number of benzene rings is 2. The van der Waals surface area contributed by atoms with E-state index < -0.39 is 11.9 Å². The van der Waals surface area contributed by atoms with Crippen molar-refractivity contribution in [2.24, 2.45) is 5.73 Å². The Bertz CT molecular complexity index is 1140. The molecule has 172 valence electrons. The minimum absolute atomic E-state index is 0.0108. The highest BCUT2D eigenvalue weighted by Gasteiger charge is 2.53. The van der Waals surface area contributed by atoms with Crippen LogP contribution in [0.5, 0.6) is 0 Å².